The van der Waals surface area contributed by atoms with Crippen LogP contribution in [0.3, 0.4) is 0 Å². The molecule has 1 aromatic rings. The van der Waals surface area contributed by atoms with Crippen LogP contribution in [0.25, 0.3) is 0 Å². The Kier molecular flexibility index (Phi) is 6.78. The van der Waals surface area contributed by atoms with E-state index in [2.05, 4.69) is 5.32 Å². The summed E-state index contributed by atoms with van der Waals surface area (Å²) in [4.78, 5) is 23.0. The second-order valence-corrected chi connectivity index (χ2v) is 5.06. The van der Waals surface area contributed by atoms with Crippen molar-refractivity contribution in [1.82, 2.24) is 5.32 Å². The van der Waals surface area contributed by atoms with E-state index >= 15 is 0 Å². The minimum absolute atomic E-state index is 0.109. The molecule has 1 rings (SSSR count). The molecule has 2 amide bonds. The SMILES string of the molecule is O=C(CSCCCO)NC(=O)c1ccc(Cl)cc1. The van der Waals surface area contributed by atoms with Crippen LogP contribution in [0.15, 0.2) is 24.3 Å². The largest absolute Gasteiger partial charge is 0.396 e. The topological polar surface area (TPSA) is 66.4 Å². The molecule has 0 saturated carbocycles. The molecule has 0 aliphatic rings. The summed E-state index contributed by atoms with van der Waals surface area (Å²) in [7, 11) is 0. The molecular formula is C12H14ClNO3S. The zero-order valence-electron chi connectivity index (χ0n) is 9.69. The lowest BCUT2D eigenvalue weighted by molar-refractivity contribution is -0.117. The molecule has 98 valence electrons. The quantitative estimate of drug-likeness (QED) is 0.782. The fourth-order valence-electron chi connectivity index (χ4n) is 1.17. The molecule has 0 atom stereocenters. The number of aliphatic hydroxyl groups excluding tert-OH is 1. The average Bonchev–Trinajstić information content (AvgIpc) is 2.35. The number of hydrogen-bond acceptors (Lipinski definition) is 4. The van der Waals surface area contributed by atoms with E-state index in [9.17, 15) is 9.59 Å². The molecule has 0 aliphatic carbocycles. The van der Waals surface area contributed by atoms with Crippen molar-refractivity contribution in [2.45, 2.75) is 6.42 Å². The number of benzene rings is 1. The summed E-state index contributed by atoms with van der Waals surface area (Å²) < 4.78 is 0. The third kappa shape index (κ3) is 5.53. The van der Waals surface area contributed by atoms with Gasteiger partial charge < -0.3 is 5.11 Å². The number of thioether (sulfide) groups is 1. The van der Waals surface area contributed by atoms with Gasteiger partial charge in [0.15, 0.2) is 0 Å². The number of rotatable bonds is 6. The molecule has 0 radical (unpaired) electrons. The Morgan fingerprint density at radius 3 is 2.56 bits per heavy atom. The Labute approximate surface area is 115 Å². The van der Waals surface area contributed by atoms with Crippen molar-refractivity contribution in [1.29, 1.82) is 0 Å². The van der Waals surface area contributed by atoms with Gasteiger partial charge in [0.05, 0.1) is 5.75 Å². The lowest BCUT2D eigenvalue weighted by atomic mass is 10.2. The van der Waals surface area contributed by atoms with Crippen LogP contribution in [0.4, 0.5) is 0 Å². The van der Waals surface area contributed by atoms with Crippen LogP contribution in [0.5, 0.6) is 0 Å². The molecule has 6 heteroatoms. The predicted molar refractivity (Wildman–Crippen MR) is 73.0 cm³/mol. The number of hydrogen-bond donors (Lipinski definition) is 2. The van der Waals surface area contributed by atoms with Crippen molar-refractivity contribution < 1.29 is 14.7 Å². The van der Waals surface area contributed by atoms with Gasteiger partial charge in [-0.15, -0.1) is 0 Å². The number of amides is 2. The van der Waals surface area contributed by atoms with Crippen LogP contribution in [0.2, 0.25) is 5.02 Å². The second-order valence-electron chi connectivity index (χ2n) is 3.51. The molecule has 18 heavy (non-hydrogen) atoms. The summed E-state index contributed by atoms with van der Waals surface area (Å²) in [6.07, 6.45) is 0.642. The van der Waals surface area contributed by atoms with Crippen LogP contribution in [0, 0.1) is 0 Å². The smallest absolute Gasteiger partial charge is 0.257 e. The summed E-state index contributed by atoms with van der Waals surface area (Å²) in [5.74, 6) is 0.135. The van der Waals surface area contributed by atoms with Gasteiger partial charge in [-0.1, -0.05) is 11.6 Å². The predicted octanol–water partition coefficient (Wildman–Crippen LogP) is 1.71. The molecule has 0 aromatic heterocycles. The normalized spacial score (nSPS) is 10.1. The second kappa shape index (κ2) is 8.13. The molecule has 4 nitrogen and oxygen atoms in total. The van der Waals surface area contributed by atoms with Gasteiger partial charge in [0.25, 0.3) is 5.91 Å². The first-order chi connectivity index (χ1) is 8.63. The maximum atomic E-state index is 11.6. The Bertz CT molecular complexity index is 408. The number of carbonyl (C=O) groups excluding carboxylic acids is 2. The van der Waals surface area contributed by atoms with Gasteiger partial charge in [0.1, 0.15) is 0 Å². The van der Waals surface area contributed by atoms with Crippen molar-refractivity contribution in [2.75, 3.05) is 18.1 Å². The summed E-state index contributed by atoms with van der Waals surface area (Å²) in [6, 6.07) is 6.31. The highest BCUT2D eigenvalue weighted by molar-refractivity contribution is 7.99. The highest BCUT2D eigenvalue weighted by Gasteiger charge is 2.09. The number of carbonyl (C=O) groups is 2. The monoisotopic (exact) mass is 287 g/mol. The molecular weight excluding hydrogens is 274 g/mol. The van der Waals surface area contributed by atoms with E-state index in [1.54, 1.807) is 24.3 Å². The summed E-state index contributed by atoms with van der Waals surface area (Å²) in [5.41, 5.74) is 0.396. The first-order valence-corrected chi connectivity index (χ1v) is 6.95. The fourth-order valence-corrected chi connectivity index (χ4v) is 2.03. The van der Waals surface area contributed by atoms with Crippen molar-refractivity contribution in [3.63, 3.8) is 0 Å². The highest BCUT2D eigenvalue weighted by Crippen LogP contribution is 2.09. The Hall–Kier alpha value is -1.04. The average molecular weight is 288 g/mol. The van der Waals surface area contributed by atoms with Crippen molar-refractivity contribution >= 4 is 35.2 Å². The molecule has 0 heterocycles. The van der Waals surface area contributed by atoms with Gasteiger partial charge >= 0.3 is 0 Å². The maximum Gasteiger partial charge on any atom is 0.257 e. The van der Waals surface area contributed by atoms with E-state index in [-0.39, 0.29) is 18.3 Å². The van der Waals surface area contributed by atoms with E-state index in [0.29, 0.717) is 22.8 Å². The summed E-state index contributed by atoms with van der Waals surface area (Å²) in [6.45, 7) is 0.109. The summed E-state index contributed by atoms with van der Waals surface area (Å²) >= 11 is 7.08. The van der Waals surface area contributed by atoms with Gasteiger partial charge in [-0.05, 0) is 36.4 Å². The number of imide groups is 1. The van der Waals surface area contributed by atoms with E-state index in [0.717, 1.165) is 0 Å². The van der Waals surface area contributed by atoms with Crippen molar-refractivity contribution in [3.05, 3.63) is 34.9 Å². The van der Waals surface area contributed by atoms with Gasteiger partial charge in [-0.25, -0.2) is 0 Å². The molecule has 0 bridgehead atoms. The van der Waals surface area contributed by atoms with Gasteiger partial charge in [-0.2, -0.15) is 11.8 Å². The van der Waals surface area contributed by atoms with Crippen molar-refractivity contribution in [3.8, 4) is 0 Å². The Balaban J connectivity index is 2.35. The zero-order chi connectivity index (χ0) is 13.4. The number of aliphatic hydroxyl groups is 1. The molecule has 0 spiro atoms. The lowest BCUT2D eigenvalue weighted by Crippen LogP contribution is -2.31. The van der Waals surface area contributed by atoms with Gasteiger partial charge in [-0.3, -0.25) is 14.9 Å². The van der Waals surface area contributed by atoms with Crippen LogP contribution < -0.4 is 5.32 Å². The highest BCUT2D eigenvalue weighted by atomic mass is 35.5. The molecule has 0 fully saturated rings. The van der Waals surface area contributed by atoms with Crippen LogP contribution >= 0.6 is 23.4 Å². The van der Waals surface area contributed by atoms with E-state index in [4.69, 9.17) is 16.7 Å². The maximum absolute atomic E-state index is 11.6. The summed E-state index contributed by atoms with van der Waals surface area (Å²) in [5, 5.41) is 11.4. The van der Waals surface area contributed by atoms with E-state index in [1.165, 1.54) is 11.8 Å². The van der Waals surface area contributed by atoms with Crippen LogP contribution in [-0.2, 0) is 4.79 Å². The Morgan fingerprint density at radius 1 is 1.28 bits per heavy atom. The molecule has 1 aromatic carbocycles. The third-order valence-electron chi connectivity index (χ3n) is 2.04. The lowest BCUT2D eigenvalue weighted by Gasteiger charge is -2.04. The van der Waals surface area contributed by atoms with Crippen molar-refractivity contribution in [2.24, 2.45) is 0 Å². The molecule has 0 unspecified atom stereocenters. The third-order valence-corrected chi connectivity index (χ3v) is 3.33. The van der Waals surface area contributed by atoms with E-state index < -0.39 is 5.91 Å². The first-order valence-electron chi connectivity index (χ1n) is 5.42. The minimum Gasteiger partial charge on any atom is -0.396 e. The van der Waals surface area contributed by atoms with Gasteiger partial charge in [0, 0.05) is 17.2 Å². The first kappa shape index (κ1) is 15.0. The van der Waals surface area contributed by atoms with E-state index in [1.807, 2.05) is 0 Å². The van der Waals surface area contributed by atoms with Crippen LogP contribution in [-0.4, -0.2) is 35.0 Å². The van der Waals surface area contributed by atoms with Gasteiger partial charge in [0.2, 0.25) is 5.91 Å². The Morgan fingerprint density at radius 2 is 1.94 bits per heavy atom. The van der Waals surface area contributed by atoms with Crippen LogP contribution in [0.1, 0.15) is 16.8 Å². The number of nitrogens with one attached hydrogen (secondary N) is 1. The standard InChI is InChI=1S/C12H14ClNO3S/c13-10-4-2-9(3-5-10)12(17)14-11(16)8-18-7-1-6-15/h2-5,15H,1,6-8H2,(H,14,16,17). The molecule has 0 aliphatic heterocycles. The molecule has 2 N–H and O–H groups in total. The minimum atomic E-state index is -0.431. The zero-order valence-corrected chi connectivity index (χ0v) is 11.3. The molecule has 0 saturated heterocycles. The fraction of sp³-hybridized carbons (Fsp3) is 0.333. The number of halogens is 1.